The lowest BCUT2D eigenvalue weighted by atomic mass is 10.4. The van der Waals surface area contributed by atoms with Crippen molar-refractivity contribution in [3.05, 3.63) is 38.0 Å². The molecule has 0 saturated carbocycles. The molecule has 0 fully saturated rings. The molecule has 0 unspecified atom stereocenters. The molecule has 0 aliphatic carbocycles. The van der Waals surface area contributed by atoms with Crippen molar-refractivity contribution >= 4 is 5.97 Å². The summed E-state index contributed by atoms with van der Waals surface area (Å²) in [5, 5.41) is 9.14. The van der Waals surface area contributed by atoms with Crippen molar-refractivity contribution in [3.8, 4) is 0 Å². The number of hydrogen-bond acceptors (Lipinski definition) is 2. The van der Waals surface area contributed by atoms with Crippen LogP contribution >= 0.6 is 0 Å². The third kappa shape index (κ3) is 13.3. The molecule has 0 atom stereocenters. The van der Waals surface area contributed by atoms with E-state index in [2.05, 4.69) is 33.8 Å². The SMILES string of the molecule is C=CC(=O)[O-].C=CC[N+](C)(C)CC=C. The van der Waals surface area contributed by atoms with E-state index in [4.69, 9.17) is 9.90 Å². The Labute approximate surface area is 86.3 Å². The van der Waals surface area contributed by atoms with Crippen LogP contribution in [-0.4, -0.2) is 37.6 Å². The number of hydrogen-bond donors (Lipinski definition) is 0. The van der Waals surface area contributed by atoms with E-state index in [-0.39, 0.29) is 0 Å². The first-order valence-corrected chi connectivity index (χ1v) is 4.27. The highest BCUT2D eigenvalue weighted by atomic mass is 16.4. The number of quaternary nitrogens is 1. The number of nitrogens with zero attached hydrogens (tertiary/aromatic N) is 1. The Hall–Kier alpha value is -1.35. The smallest absolute Gasteiger partial charge is 0.0969 e. The Morgan fingerprint density at radius 2 is 1.50 bits per heavy atom. The fourth-order valence-electron chi connectivity index (χ4n) is 0.774. The van der Waals surface area contributed by atoms with E-state index in [0.29, 0.717) is 0 Å². The van der Waals surface area contributed by atoms with Crippen LogP contribution in [0.1, 0.15) is 0 Å². The Morgan fingerprint density at radius 3 is 1.64 bits per heavy atom. The quantitative estimate of drug-likeness (QED) is 0.362. The van der Waals surface area contributed by atoms with Gasteiger partial charge in [-0.1, -0.05) is 19.7 Å². The molecule has 0 bridgehead atoms. The zero-order valence-corrected chi connectivity index (χ0v) is 9.03. The first-order chi connectivity index (χ1) is 6.39. The van der Waals surface area contributed by atoms with E-state index in [1.807, 2.05) is 12.2 Å². The highest BCUT2D eigenvalue weighted by molar-refractivity contribution is 5.76. The third-order valence-corrected chi connectivity index (χ3v) is 1.41. The van der Waals surface area contributed by atoms with Crippen LogP contribution in [0.3, 0.4) is 0 Å². The Bertz CT molecular complexity index is 195. The minimum absolute atomic E-state index is 0.722. The number of aliphatic carboxylic acids is 1. The minimum atomic E-state index is -1.23. The van der Waals surface area contributed by atoms with Gasteiger partial charge in [-0.2, -0.15) is 0 Å². The van der Waals surface area contributed by atoms with Crippen molar-refractivity contribution in [1.82, 2.24) is 0 Å². The summed E-state index contributed by atoms with van der Waals surface area (Å²) in [5.41, 5.74) is 0. The zero-order chi connectivity index (χ0) is 11.6. The van der Waals surface area contributed by atoms with Crippen LogP contribution in [0.15, 0.2) is 38.0 Å². The Balaban J connectivity index is 0. The minimum Gasteiger partial charge on any atom is -0.545 e. The maximum atomic E-state index is 9.14. The molecule has 0 saturated heterocycles. The lowest BCUT2D eigenvalue weighted by molar-refractivity contribution is -0.878. The molecular formula is C11H19NO2. The fraction of sp³-hybridized carbons (Fsp3) is 0.364. The van der Waals surface area contributed by atoms with Crippen LogP contribution < -0.4 is 5.11 Å². The van der Waals surface area contributed by atoms with Gasteiger partial charge in [0.2, 0.25) is 0 Å². The highest BCUT2D eigenvalue weighted by Crippen LogP contribution is 1.95. The average Bonchev–Trinajstić information content (AvgIpc) is 2.05. The molecule has 80 valence electrons. The standard InChI is InChI=1S/C8H16N.C3H4O2/c1-5-7-9(3,4)8-6-2;1-2-3(4)5/h5-6H,1-2,7-8H2,3-4H3;2H,1H2,(H,4,5)/q+1;/p-1. The molecule has 3 heteroatoms. The maximum absolute atomic E-state index is 9.14. The number of rotatable bonds is 5. The van der Waals surface area contributed by atoms with Gasteiger partial charge >= 0.3 is 0 Å². The first-order valence-electron chi connectivity index (χ1n) is 4.27. The second-order valence-electron chi connectivity index (χ2n) is 3.40. The fourth-order valence-corrected chi connectivity index (χ4v) is 0.774. The van der Waals surface area contributed by atoms with Gasteiger partial charge in [0.05, 0.1) is 33.2 Å². The summed E-state index contributed by atoms with van der Waals surface area (Å²) < 4.78 is 0.951. The molecule has 0 aliphatic heterocycles. The molecular weight excluding hydrogens is 178 g/mol. The van der Waals surface area contributed by atoms with E-state index in [0.717, 1.165) is 23.6 Å². The summed E-state index contributed by atoms with van der Waals surface area (Å²) in [7, 11) is 4.31. The van der Waals surface area contributed by atoms with Crippen molar-refractivity contribution in [2.75, 3.05) is 27.2 Å². The predicted octanol–water partition coefficient (Wildman–Crippen LogP) is 0.357. The molecule has 0 aromatic carbocycles. The predicted molar refractivity (Wildman–Crippen MR) is 57.4 cm³/mol. The summed E-state index contributed by atoms with van der Waals surface area (Å²) in [6, 6.07) is 0. The van der Waals surface area contributed by atoms with Gasteiger partial charge in [0, 0.05) is 0 Å². The molecule has 0 rings (SSSR count). The number of carbonyl (C=O) groups is 1. The van der Waals surface area contributed by atoms with Crippen molar-refractivity contribution < 1.29 is 14.4 Å². The van der Waals surface area contributed by atoms with Crippen molar-refractivity contribution in [2.24, 2.45) is 0 Å². The van der Waals surface area contributed by atoms with Crippen molar-refractivity contribution in [2.45, 2.75) is 0 Å². The number of likely N-dealkylation sites (N-methyl/N-ethyl adjacent to an activating group) is 1. The number of carboxylic acid groups (broad SMARTS) is 1. The second-order valence-corrected chi connectivity index (χ2v) is 3.40. The molecule has 0 radical (unpaired) electrons. The first kappa shape index (κ1) is 15.1. The van der Waals surface area contributed by atoms with Gasteiger partial charge in [-0.05, 0) is 18.2 Å². The summed E-state index contributed by atoms with van der Waals surface area (Å²) in [6.07, 6.45) is 4.59. The van der Waals surface area contributed by atoms with Gasteiger partial charge in [0.25, 0.3) is 0 Å². The van der Waals surface area contributed by atoms with Gasteiger partial charge in [-0.15, -0.1) is 0 Å². The van der Waals surface area contributed by atoms with E-state index in [1.165, 1.54) is 0 Å². The van der Waals surface area contributed by atoms with E-state index in [1.54, 1.807) is 0 Å². The van der Waals surface area contributed by atoms with Crippen LogP contribution in [0.4, 0.5) is 0 Å². The van der Waals surface area contributed by atoms with Gasteiger partial charge in [0.15, 0.2) is 0 Å². The summed E-state index contributed by atoms with van der Waals surface area (Å²) in [4.78, 5) is 9.14. The van der Waals surface area contributed by atoms with Gasteiger partial charge in [-0.3, -0.25) is 0 Å². The molecule has 0 amide bonds. The van der Waals surface area contributed by atoms with E-state index >= 15 is 0 Å². The van der Waals surface area contributed by atoms with E-state index in [9.17, 15) is 0 Å². The Morgan fingerprint density at radius 1 is 1.21 bits per heavy atom. The lowest BCUT2D eigenvalue weighted by Gasteiger charge is -2.26. The lowest BCUT2D eigenvalue weighted by Crippen LogP contribution is -2.39. The van der Waals surface area contributed by atoms with Crippen molar-refractivity contribution in [1.29, 1.82) is 0 Å². The zero-order valence-electron chi connectivity index (χ0n) is 9.03. The number of carboxylic acids is 1. The van der Waals surface area contributed by atoms with Crippen LogP contribution in [-0.2, 0) is 4.79 Å². The summed E-state index contributed by atoms with van der Waals surface area (Å²) in [6.45, 7) is 12.3. The molecule has 14 heavy (non-hydrogen) atoms. The summed E-state index contributed by atoms with van der Waals surface area (Å²) >= 11 is 0. The molecule has 0 spiro atoms. The second kappa shape index (κ2) is 8.26. The van der Waals surface area contributed by atoms with Crippen LogP contribution in [0.2, 0.25) is 0 Å². The monoisotopic (exact) mass is 197 g/mol. The highest BCUT2D eigenvalue weighted by Gasteiger charge is 2.07. The Kier molecular flexibility index (Phi) is 8.93. The molecule has 0 aromatic rings. The van der Waals surface area contributed by atoms with Crippen LogP contribution in [0.25, 0.3) is 0 Å². The molecule has 0 N–H and O–H groups in total. The molecule has 0 aromatic heterocycles. The van der Waals surface area contributed by atoms with Crippen molar-refractivity contribution in [3.63, 3.8) is 0 Å². The van der Waals surface area contributed by atoms with E-state index < -0.39 is 5.97 Å². The molecule has 3 nitrogen and oxygen atoms in total. The average molecular weight is 197 g/mol. The van der Waals surface area contributed by atoms with Gasteiger partial charge < -0.3 is 14.4 Å². The van der Waals surface area contributed by atoms with Gasteiger partial charge in [0.1, 0.15) is 0 Å². The number of carbonyl (C=O) groups excluding carboxylic acids is 1. The van der Waals surface area contributed by atoms with Gasteiger partial charge in [-0.25, -0.2) is 0 Å². The largest absolute Gasteiger partial charge is 0.545 e. The normalized spacial score (nSPS) is 9.29. The maximum Gasteiger partial charge on any atom is 0.0969 e. The third-order valence-electron chi connectivity index (χ3n) is 1.41. The molecule has 0 heterocycles. The summed E-state index contributed by atoms with van der Waals surface area (Å²) in [5.74, 6) is -1.23. The van der Waals surface area contributed by atoms with Crippen LogP contribution in [0.5, 0.6) is 0 Å². The van der Waals surface area contributed by atoms with Crippen LogP contribution in [0, 0.1) is 0 Å². The topological polar surface area (TPSA) is 40.1 Å². The molecule has 0 aliphatic rings.